The van der Waals surface area contributed by atoms with E-state index in [1.165, 1.54) is 35.9 Å². The number of piperidine rings is 1. The predicted octanol–water partition coefficient (Wildman–Crippen LogP) is 2.32. The number of pyridine rings is 1. The second-order valence-electron chi connectivity index (χ2n) is 6.89. The molecule has 5 nitrogen and oxygen atoms in total. The molecule has 4 rings (SSSR count). The fraction of sp³-hybridized carbons (Fsp3) is 0.474. The van der Waals surface area contributed by atoms with E-state index in [2.05, 4.69) is 9.88 Å². The maximum atomic E-state index is 13.5. The number of amides is 1. The van der Waals surface area contributed by atoms with Crippen LogP contribution in [-0.2, 0) is 0 Å². The topological polar surface area (TPSA) is 56.4 Å². The van der Waals surface area contributed by atoms with Gasteiger partial charge in [-0.2, -0.15) is 11.8 Å². The zero-order chi connectivity index (χ0) is 18.1. The van der Waals surface area contributed by atoms with E-state index in [1.54, 1.807) is 4.90 Å². The number of carbonyl (C=O) groups is 1. The molecule has 0 spiro atoms. The van der Waals surface area contributed by atoms with Gasteiger partial charge >= 0.3 is 0 Å². The molecule has 1 aromatic carbocycles. The molecule has 26 heavy (non-hydrogen) atoms. The van der Waals surface area contributed by atoms with Gasteiger partial charge in [0.1, 0.15) is 11.4 Å². The van der Waals surface area contributed by atoms with Gasteiger partial charge in [0.05, 0.1) is 0 Å². The third-order valence-electron chi connectivity index (χ3n) is 5.39. The van der Waals surface area contributed by atoms with Crippen molar-refractivity contribution in [1.82, 2.24) is 14.8 Å². The minimum Gasteiger partial charge on any atom is -0.360 e. The van der Waals surface area contributed by atoms with Gasteiger partial charge in [0, 0.05) is 60.8 Å². The van der Waals surface area contributed by atoms with Crippen LogP contribution >= 0.6 is 11.8 Å². The molecule has 1 N–H and O–H groups in total. The van der Waals surface area contributed by atoms with E-state index < -0.39 is 11.2 Å². The van der Waals surface area contributed by atoms with Gasteiger partial charge in [0.15, 0.2) is 0 Å². The number of benzene rings is 1. The van der Waals surface area contributed by atoms with Crippen molar-refractivity contribution < 1.29 is 9.18 Å². The number of rotatable bonds is 2. The lowest BCUT2D eigenvalue weighted by Crippen LogP contribution is -2.49. The molecule has 3 heterocycles. The molecule has 0 atom stereocenters. The van der Waals surface area contributed by atoms with Crippen LogP contribution in [0.5, 0.6) is 0 Å². The Morgan fingerprint density at radius 3 is 2.62 bits per heavy atom. The molecule has 0 saturated carbocycles. The van der Waals surface area contributed by atoms with Crippen molar-refractivity contribution in [2.24, 2.45) is 0 Å². The van der Waals surface area contributed by atoms with E-state index in [9.17, 15) is 14.0 Å². The number of hydrogen-bond donors (Lipinski definition) is 1. The maximum absolute atomic E-state index is 13.5. The fourth-order valence-electron chi connectivity index (χ4n) is 3.90. The summed E-state index contributed by atoms with van der Waals surface area (Å²) in [5, 5.41) is 0.219. The number of halogens is 1. The van der Waals surface area contributed by atoms with Crippen molar-refractivity contribution in [3.63, 3.8) is 0 Å². The average Bonchev–Trinajstić information content (AvgIpc) is 2.69. The number of aromatic nitrogens is 1. The number of nitrogens with one attached hydrogen (secondary N) is 1. The lowest BCUT2D eigenvalue weighted by Gasteiger charge is -2.40. The molecule has 2 aromatic rings. The van der Waals surface area contributed by atoms with Crippen molar-refractivity contribution in [2.75, 3.05) is 37.7 Å². The summed E-state index contributed by atoms with van der Waals surface area (Å²) in [7, 11) is 0. The van der Waals surface area contributed by atoms with Crippen LogP contribution in [0.3, 0.4) is 0 Å². The highest BCUT2D eigenvalue weighted by Gasteiger charge is 2.29. The number of thioether (sulfide) groups is 1. The number of carbonyl (C=O) groups excluding carboxylic acids is 1. The van der Waals surface area contributed by atoms with Crippen LogP contribution < -0.4 is 5.43 Å². The molecule has 0 aliphatic carbocycles. The first-order chi connectivity index (χ1) is 12.6. The molecular formula is C19H22FN3O2S. The fourth-order valence-corrected chi connectivity index (χ4v) is 4.83. The Morgan fingerprint density at radius 1 is 1.15 bits per heavy atom. The van der Waals surface area contributed by atoms with Crippen LogP contribution in [0.1, 0.15) is 23.2 Å². The minimum atomic E-state index is -0.479. The van der Waals surface area contributed by atoms with Crippen LogP contribution in [0.4, 0.5) is 4.39 Å². The first-order valence-electron chi connectivity index (χ1n) is 9.05. The first-order valence-corrected chi connectivity index (χ1v) is 10.2. The summed E-state index contributed by atoms with van der Waals surface area (Å²) in [5.41, 5.74) is 0.226. The van der Waals surface area contributed by atoms with Crippen LogP contribution in [-0.4, -0.2) is 64.4 Å². The standard InChI is InChI=1S/C19H22FN3O2S/c20-13-1-2-17-15(11-13)18(24)16(12-21-17)19(25)23-5-3-14(4-6-23)22-7-9-26-10-8-22/h1-2,11-12,14H,3-10H2,(H,21,24). The van der Waals surface area contributed by atoms with Crippen molar-refractivity contribution in [3.05, 3.63) is 46.0 Å². The third kappa shape index (κ3) is 3.38. The molecule has 0 bridgehead atoms. The highest BCUT2D eigenvalue weighted by molar-refractivity contribution is 7.99. The monoisotopic (exact) mass is 375 g/mol. The summed E-state index contributed by atoms with van der Waals surface area (Å²) in [6.07, 6.45) is 3.34. The Kier molecular flexibility index (Phi) is 5.00. The van der Waals surface area contributed by atoms with Crippen molar-refractivity contribution >= 4 is 28.6 Å². The zero-order valence-electron chi connectivity index (χ0n) is 14.5. The SMILES string of the molecule is O=C(c1c[nH]c2ccc(F)cc2c1=O)N1CCC(N2CCSCC2)CC1. The van der Waals surface area contributed by atoms with Crippen LogP contribution in [0.15, 0.2) is 29.2 Å². The molecule has 0 unspecified atom stereocenters. The van der Waals surface area contributed by atoms with E-state index >= 15 is 0 Å². The number of aromatic amines is 1. The Bertz CT molecular complexity index is 871. The molecule has 2 fully saturated rings. The van der Waals surface area contributed by atoms with Crippen LogP contribution in [0.2, 0.25) is 0 Å². The van der Waals surface area contributed by atoms with Gasteiger partial charge in [0.2, 0.25) is 5.43 Å². The number of hydrogen-bond acceptors (Lipinski definition) is 4. The van der Waals surface area contributed by atoms with E-state index in [4.69, 9.17) is 0 Å². The van der Waals surface area contributed by atoms with E-state index in [0.717, 1.165) is 25.9 Å². The summed E-state index contributed by atoms with van der Waals surface area (Å²) in [6.45, 7) is 3.57. The van der Waals surface area contributed by atoms with Gasteiger partial charge in [-0.3, -0.25) is 14.5 Å². The minimum absolute atomic E-state index is 0.0934. The lowest BCUT2D eigenvalue weighted by atomic mass is 10.0. The smallest absolute Gasteiger partial charge is 0.259 e. The molecule has 2 aliphatic heterocycles. The molecule has 1 amide bonds. The van der Waals surface area contributed by atoms with Gasteiger partial charge in [-0.1, -0.05) is 0 Å². The van der Waals surface area contributed by atoms with Gasteiger partial charge in [-0.05, 0) is 31.0 Å². The van der Waals surface area contributed by atoms with Gasteiger partial charge in [-0.15, -0.1) is 0 Å². The molecule has 2 saturated heterocycles. The first kappa shape index (κ1) is 17.5. The molecule has 2 aliphatic rings. The maximum Gasteiger partial charge on any atom is 0.259 e. The normalized spacial score (nSPS) is 19.8. The largest absolute Gasteiger partial charge is 0.360 e. The number of fused-ring (bicyclic) bond motifs is 1. The molecule has 138 valence electrons. The summed E-state index contributed by atoms with van der Waals surface area (Å²) >= 11 is 2.00. The molecular weight excluding hydrogens is 353 g/mol. The third-order valence-corrected chi connectivity index (χ3v) is 6.33. The van der Waals surface area contributed by atoms with E-state index in [-0.39, 0.29) is 16.9 Å². The van der Waals surface area contributed by atoms with Gasteiger partial charge in [-0.25, -0.2) is 4.39 Å². The summed E-state index contributed by atoms with van der Waals surface area (Å²) < 4.78 is 13.5. The lowest BCUT2D eigenvalue weighted by molar-refractivity contribution is 0.0629. The van der Waals surface area contributed by atoms with Crippen molar-refractivity contribution in [2.45, 2.75) is 18.9 Å². The number of H-pyrrole nitrogens is 1. The quantitative estimate of drug-likeness (QED) is 0.875. The second kappa shape index (κ2) is 7.40. The Hall–Kier alpha value is -1.86. The van der Waals surface area contributed by atoms with Crippen LogP contribution in [0.25, 0.3) is 10.9 Å². The van der Waals surface area contributed by atoms with Gasteiger partial charge in [0.25, 0.3) is 5.91 Å². The Labute approximate surface area is 155 Å². The highest BCUT2D eigenvalue weighted by Crippen LogP contribution is 2.21. The Balaban J connectivity index is 1.49. The van der Waals surface area contributed by atoms with Crippen LogP contribution in [0, 0.1) is 5.82 Å². The summed E-state index contributed by atoms with van der Waals surface area (Å²) in [5.74, 6) is 1.63. The summed E-state index contributed by atoms with van der Waals surface area (Å²) in [4.78, 5) is 32.7. The van der Waals surface area contributed by atoms with Crippen molar-refractivity contribution in [1.29, 1.82) is 0 Å². The Morgan fingerprint density at radius 2 is 1.88 bits per heavy atom. The predicted molar refractivity (Wildman–Crippen MR) is 102 cm³/mol. The second-order valence-corrected chi connectivity index (χ2v) is 8.12. The summed E-state index contributed by atoms with van der Waals surface area (Å²) in [6, 6.07) is 4.53. The number of nitrogens with zero attached hydrogens (tertiary/aromatic N) is 2. The van der Waals surface area contributed by atoms with E-state index in [1.807, 2.05) is 11.8 Å². The van der Waals surface area contributed by atoms with Crippen molar-refractivity contribution in [3.8, 4) is 0 Å². The average molecular weight is 375 g/mol. The highest BCUT2D eigenvalue weighted by atomic mass is 32.2. The zero-order valence-corrected chi connectivity index (χ0v) is 15.4. The molecule has 0 radical (unpaired) electrons. The van der Waals surface area contributed by atoms with Gasteiger partial charge < -0.3 is 9.88 Å². The number of likely N-dealkylation sites (tertiary alicyclic amines) is 1. The molecule has 1 aromatic heterocycles. The molecule has 7 heteroatoms. The van der Waals surface area contributed by atoms with E-state index in [0.29, 0.717) is 24.6 Å².